The molecule has 5 heteroatoms. The smallest absolute Gasteiger partial charge is 0.166 e. The molecular weight excluding hydrogens is 298 g/mol. The van der Waals surface area contributed by atoms with Crippen molar-refractivity contribution in [1.29, 1.82) is 5.26 Å². The predicted octanol–water partition coefficient (Wildman–Crippen LogP) is 2.88. The first-order valence-electron chi connectivity index (χ1n) is 7.38. The first kappa shape index (κ1) is 15.6. The molecule has 0 unspecified atom stereocenters. The first-order chi connectivity index (χ1) is 11.1. The van der Waals surface area contributed by atoms with Crippen LogP contribution in [0, 0.1) is 29.9 Å². The van der Waals surface area contributed by atoms with Gasteiger partial charge in [0.1, 0.15) is 6.04 Å². The van der Waals surface area contributed by atoms with Crippen LogP contribution in [0.5, 0.6) is 0 Å². The molecule has 118 valence electrons. The van der Waals surface area contributed by atoms with Gasteiger partial charge in [0.05, 0.1) is 12.7 Å². The van der Waals surface area contributed by atoms with E-state index in [9.17, 15) is 13.9 Å². The molecule has 2 aromatic rings. The van der Waals surface area contributed by atoms with E-state index in [0.717, 1.165) is 5.56 Å². The topological polar surface area (TPSA) is 56.0 Å². The van der Waals surface area contributed by atoms with Gasteiger partial charge in [-0.3, -0.25) is 5.32 Å². The molecule has 2 aromatic carbocycles. The molecule has 2 N–H and O–H groups in total. The highest BCUT2D eigenvalue weighted by molar-refractivity contribution is 5.65. The minimum absolute atomic E-state index is 0.0532. The highest BCUT2D eigenvalue weighted by Gasteiger charge is 2.41. The van der Waals surface area contributed by atoms with Crippen molar-refractivity contribution in [2.24, 2.45) is 0 Å². The van der Waals surface area contributed by atoms with E-state index in [2.05, 4.69) is 11.4 Å². The summed E-state index contributed by atoms with van der Waals surface area (Å²) in [6.45, 7) is 1.47. The minimum atomic E-state index is -0.855. The van der Waals surface area contributed by atoms with Crippen molar-refractivity contribution in [1.82, 2.24) is 5.32 Å². The summed E-state index contributed by atoms with van der Waals surface area (Å²) in [6, 6.07) is 11.8. The van der Waals surface area contributed by atoms with E-state index in [1.165, 1.54) is 6.92 Å². The summed E-state index contributed by atoms with van der Waals surface area (Å²) in [5.74, 6) is -1.79. The van der Waals surface area contributed by atoms with E-state index >= 15 is 0 Å². The van der Waals surface area contributed by atoms with Gasteiger partial charge in [-0.05, 0) is 23.6 Å². The van der Waals surface area contributed by atoms with E-state index in [0.29, 0.717) is 5.56 Å². The number of benzene rings is 2. The first-order valence-corrected chi connectivity index (χ1v) is 7.38. The molecule has 0 saturated carbocycles. The zero-order chi connectivity index (χ0) is 16.6. The van der Waals surface area contributed by atoms with Gasteiger partial charge < -0.3 is 5.11 Å². The van der Waals surface area contributed by atoms with Crippen molar-refractivity contribution in [2.45, 2.75) is 24.9 Å². The molecule has 1 fully saturated rings. The van der Waals surface area contributed by atoms with Gasteiger partial charge >= 0.3 is 0 Å². The fraction of sp³-hybridized carbons (Fsp3) is 0.278. The summed E-state index contributed by atoms with van der Waals surface area (Å²) in [5.41, 5.74) is 1.95. The molecule has 1 aliphatic rings. The number of hydrogen-bond acceptors (Lipinski definition) is 3. The van der Waals surface area contributed by atoms with Crippen molar-refractivity contribution >= 4 is 0 Å². The SMILES string of the molecule is Cc1ccc(-c2ccc([C@H]3[C@H](C#N)N[C@H]3CO)cc2)c(F)c1F. The predicted molar refractivity (Wildman–Crippen MR) is 82.7 cm³/mol. The van der Waals surface area contributed by atoms with Crippen LogP contribution < -0.4 is 5.32 Å². The average molecular weight is 314 g/mol. The number of rotatable bonds is 3. The lowest BCUT2D eigenvalue weighted by atomic mass is 9.78. The zero-order valence-electron chi connectivity index (χ0n) is 12.6. The fourth-order valence-corrected chi connectivity index (χ4v) is 3.01. The normalized spacial score (nSPS) is 23.2. The summed E-state index contributed by atoms with van der Waals surface area (Å²) in [7, 11) is 0. The van der Waals surface area contributed by atoms with Crippen LogP contribution in [-0.4, -0.2) is 23.8 Å². The van der Waals surface area contributed by atoms with Crippen molar-refractivity contribution in [3.05, 3.63) is 59.2 Å². The number of aliphatic hydroxyl groups excluding tert-OH is 1. The van der Waals surface area contributed by atoms with Crippen LogP contribution in [0.3, 0.4) is 0 Å². The maximum absolute atomic E-state index is 14.1. The Morgan fingerprint density at radius 1 is 1.13 bits per heavy atom. The van der Waals surface area contributed by atoms with E-state index < -0.39 is 11.6 Å². The molecule has 0 bridgehead atoms. The molecular formula is C18H16F2N2O. The van der Waals surface area contributed by atoms with Crippen molar-refractivity contribution in [3.8, 4) is 17.2 Å². The maximum atomic E-state index is 14.1. The number of nitrogens with one attached hydrogen (secondary N) is 1. The summed E-state index contributed by atoms with van der Waals surface area (Å²) in [6.07, 6.45) is 0. The van der Waals surface area contributed by atoms with Gasteiger partial charge in [0.2, 0.25) is 0 Å². The standard InChI is InChI=1S/C18H16F2N2O/c1-10-2-7-13(18(20)17(10)19)11-3-5-12(6-4-11)16-14(8-21)22-15(16)9-23/h2-7,14-16,22-23H,9H2,1H3/t14-,15-,16-/m0/s1. The highest BCUT2D eigenvalue weighted by atomic mass is 19.2. The van der Waals surface area contributed by atoms with Gasteiger partial charge in [0.15, 0.2) is 11.6 Å². The third-order valence-corrected chi connectivity index (χ3v) is 4.40. The second-order valence-corrected chi connectivity index (χ2v) is 5.77. The fourth-order valence-electron chi connectivity index (χ4n) is 3.01. The molecule has 1 saturated heterocycles. The Morgan fingerprint density at radius 3 is 2.43 bits per heavy atom. The molecule has 0 spiro atoms. The Labute approximate surface area is 133 Å². The van der Waals surface area contributed by atoms with E-state index in [1.54, 1.807) is 36.4 Å². The third kappa shape index (κ3) is 2.61. The summed E-state index contributed by atoms with van der Waals surface area (Å²) < 4.78 is 27.8. The quantitative estimate of drug-likeness (QED) is 0.916. The van der Waals surface area contributed by atoms with Crippen LogP contribution in [-0.2, 0) is 0 Å². The number of aryl methyl sites for hydroxylation is 1. The van der Waals surface area contributed by atoms with Gasteiger partial charge in [-0.15, -0.1) is 0 Å². The molecule has 0 amide bonds. The Balaban J connectivity index is 1.91. The molecule has 0 radical (unpaired) electrons. The van der Waals surface area contributed by atoms with E-state index in [1.807, 2.05) is 0 Å². The molecule has 0 aromatic heterocycles. The van der Waals surface area contributed by atoms with Crippen LogP contribution in [0.1, 0.15) is 17.0 Å². The van der Waals surface area contributed by atoms with Crippen LogP contribution in [0.2, 0.25) is 0 Å². The Hall–Kier alpha value is -2.29. The molecule has 1 heterocycles. The lowest BCUT2D eigenvalue weighted by molar-refractivity contribution is 0.151. The third-order valence-electron chi connectivity index (χ3n) is 4.40. The minimum Gasteiger partial charge on any atom is -0.395 e. The van der Waals surface area contributed by atoms with E-state index in [-0.39, 0.29) is 35.7 Å². The second kappa shape index (κ2) is 6.07. The molecule has 1 aliphatic heterocycles. The number of nitrogens with zero attached hydrogens (tertiary/aromatic N) is 1. The highest BCUT2D eigenvalue weighted by Crippen LogP contribution is 2.33. The average Bonchev–Trinajstić information content (AvgIpc) is 2.54. The van der Waals surface area contributed by atoms with E-state index in [4.69, 9.17) is 5.26 Å². The summed E-state index contributed by atoms with van der Waals surface area (Å²) in [5, 5.41) is 21.3. The van der Waals surface area contributed by atoms with Crippen LogP contribution in [0.15, 0.2) is 36.4 Å². The van der Waals surface area contributed by atoms with Crippen LogP contribution >= 0.6 is 0 Å². The monoisotopic (exact) mass is 314 g/mol. The van der Waals surface area contributed by atoms with Gasteiger partial charge in [-0.2, -0.15) is 5.26 Å². The Bertz CT molecular complexity index is 768. The molecule has 23 heavy (non-hydrogen) atoms. The van der Waals surface area contributed by atoms with Crippen LogP contribution in [0.4, 0.5) is 8.78 Å². The molecule has 3 atom stereocenters. The molecule has 3 rings (SSSR count). The second-order valence-electron chi connectivity index (χ2n) is 5.77. The zero-order valence-corrected chi connectivity index (χ0v) is 12.6. The van der Waals surface area contributed by atoms with Gasteiger partial charge in [-0.1, -0.05) is 36.4 Å². The lowest BCUT2D eigenvalue weighted by Gasteiger charge is -2.41. The Kier molecular flexibility index (Phi) is 4.12. The van der Waals surface area contributed by atoms with Gasteiger partial charge in [0.25, 0.3) is 0 Å². The summed E-state index contributed by atoms with van der Waals surface area (Å²) in [4.78, 5) is 0. The number of nitriles is 1. The maximum Gasteiger partial charge on any atom is 0.166 e. The van der Waals surface area contributed by atoms with Crippen molar-refractivity contribution < 1.29 is 13.9 Å². The largest absolute Gasteiger partial charge is 0.395 e. The molecule has 0 aliphatic carbocycles. The van der Waals surface area contributed by atoms with Crippen molar-refractivity contribution in [2.75, 3.05) is 6.61 Å². The molecule has 3 nitrogen and oxygen atoms in total. The number of aliphatic hydroxyl groups is 1. The summed E-state index contributed by atoms with van der Waals surface area (Å²) >= 11 is 0. The number of hydrogen-bond donors (Lipinski definition) is 2. The number of halogens is 2. The van der Waals surface area contributed by atoms with Gasteiger partial charge in [0, 0.05) is 17.5 Å². The van der Waals surface area contributed by atoms with Crippen LogP contribution in [0.25, 0.3) is 11.1 Å². The Morgan fingerprint density at radius 2 is 1.83 bits per heavy atom. The van der Waals surface area contributed by atoms with Gasteiger partial charge in [-0.25, -0.2) is 8.78 Å². The van der Waals surface area contributed by atoms with Crippen molar-refractivity contribution in [3.63, 3.8) is 0 Å². The lowest BCUT2D eigenvalue weighted by Crippen LogP contribution is -2.60.